The Morgan fingerprint density at radius 2 is 1.89 bits per heavy atom. The van der Waals surface area contributed by atoms with Gasteiger partial charge in [0.15, 0.2) is 9.84 Å². The molecule has 1 aromatic carbocycles. The Balaban J connectivity index is 2.99. The van der Waals surface area contributed by atoms with Gasteiger partial charge in [-0.15, -0.1) is 0 Å². The first-order valence-corrected chi connectivity index (χ1v) is 7.56. The molecule has 19 heavy (non-hydrogen) atoms. The molecule has 0 fully saturated rings. The highest BCUT2D eigenvalue weighted by Gasteiger charge is 2.24. The first kappa shape index (κ1) is 15.5. The minimum atomic E-state index is -3.72. The van der Waals surface area contributed by atoms with E-state index in [0.717, 1.165) is 5.56 Å². The average molecular weight is 284 g/mol. The number of aryl methyl sites for hydroxylation is 1. The Kier molecular flexibility index (Phi) is 4.25. The van der Waals surface area contributed by atoms with E-state index in [0.29, 0.717) is 0 Å². The van der Waals surface area contributed by atoms with Crippen molar-refractivity contribution in [3.8, 4) is 0 Å². The van der Waals surface area contributed by atoms with Crippen LogP contribution < -0.4 is 11.1 Å². The summed E-state index contributed by atoms with van der Waals surface area (Å²) in [5.74, 6) is -1.13. The molecule has 1 rings (SSSR count). The van der Waals surface area contributed by atoms with E-state index in [-0.39, 0.29) is 10.6 Å². The van der Waals surface area contributed by atoms with Crippen LogP contribution in [0.3, 0.4) is 0 Å². The molecule has 0 bridgehead atoms. The largest absolute Gasteiger partial charge is 0.398 e. The maximum Gasteiger partial charge on any atom is 0.235 e. The summed E-state index contributed by atoms with van der Waals surface area (Å²) in [4.78, 5) is 11.7. The monoisotopic (exact) mass is 284 g/mol. The lowest BCUT2D eigenvalue weighted by Crippen LogP contribution is -2.43. The maximum atomic E-state index is 12.2. The number of hydrogen-bond acceptors (Lipinski definition) is 4. The van der Waals surface area contributed by atoms with E-state index in [9.17, 15) is 13.2 Å². The molecule has 5 nitrogen and oxygen atoms in total. The Morgan fingerprint density at radius 3 is 2.42 bits per heavy atom. The highest BCUT2D eigenvalue weighted by Crippen LogP contribution is 2.21. The molecule has 0 saturated heterocycles. The molecule has 0 aliphatic heterocycles. The number of carbonyl (C=O) groups excluding carboxylic acids is 1. The van der Waals surface area contributed by atoms with Crippen molar-refractivity contribution >= 4 is 21.4 Å². The third-order valence-corrected chi connectivity index (χ3v) is 4.01. The van der Waals surface area contributed by atoms with E-state index in [1.54, 1.807) is 33.8 Å². The fraction of sp³-hybridized carbons (Fsp3) is 0.462. The van der Waals surface area contributed by atoms with Crippen molar-refractivity contribution < 1.29 is 13.2 Å². The van der Waals surface area contributed by atoms with Gasteiger partial charge in [-0.1, -0.05) is 6.07 Å². The average Bonchev–Trinajstić information content (AvgIpc) is 2.17. The highest BCUT2D eigenvalue weighted by molar-refractivity contribution is 7.92. The van der Waals surface area contributed by atoms with Crippen LogP contribution in [0.1, 0.15) is 26.3 Å². The van der Waals surface area contributed by atoms with E-state index in [4.69, 9.17) is 5.73 Å². The molecule has 1 amide bonds. The standard InChI is InChI=1S/C13H20N2O3S/c1-9-5-6-10(14)11(7-9)19(17,18)8-12(16)15-13(2,3)4/h5-7H,8,14H2,1-4H3,(H,15,16). The smallest absolute Gasteiger partial charge is 0.235 e. The zero-order valence-electron chi connectivity index (χ0n) is 11.6. The van der Waals surface area contributed by atoms with Gasteiger partial charge in [0.25, 0.3) is 0 Å². The van der Waals surface area contributed by atoms with Crippen LogP contribution in [0, 0.1) is 6.92 Å². The lowest BCUT2D eigenvalue weighted by molar-refractivity contribution is -0.120. The number of nitrogens with one attached hydrogen (secondary N) is 1. The molecule has 3 N–H and O–H groups in total. The molecule has 0 aliphatic rings. The van der Waals surface area contributed by atoms with Crippen molar-refractivity contribution in [1.82, 2.24) is 5.32 Å². The van der Waals surface area contributed by atoms with E-state index in [1.165, 1.54) is 12.1 Å². The molecule has 0 unspecified atom stereocenters. The van der Waals surface area contributed by atoms with Crippen LogP contribution in [0.4, 0.5) is 5.69 Å². The number of anilines is 1. The Bertz CT molecular complexity index is 586. The van der Waals surface area contributed by atoms with Gasteiger partial charge >= 0.3 is 0 Å². The second kappa shape index (κ2) is 5.21. The maximum absolute atomic E-state index is 12.2. The SMILES string of the molecule is Cc1ccc(N)c(S(=O)(=O)CC(=O)NC(C)(C)C)c1. The predicted octanol–water partition coefficient (Wildman–Crippen LogP) is 1.27. The van der Waals surface area contributed by atoms with Crippen LogP contribution in [-0.2, 0) is 14.6 Å². The van der Waals surface area contributed by atoms with Crippen molar-refractivity contribution in [2.45, 2.75) is 38.1 Å². The molecule has 0 aromatic heterocycles. The Labute approximate surface area is 114 Å². The second-order valence-corrected chi connectivity index (χ2v) is 7.56. The highest BCUT2D eigenvalue weighted by atomic mass is 32.2. The molecule has 0 spiro atoms. The van der Waals surface area contributed by atoms with Gasteiger partial charge in [-0.2, -0.15) is 0 Å². The first-order chi connectivity index (χ1) is 8.51. The number of carbonyl (C=O) groups is 1. The summed E-state index contributed by atoms with van der Waals surface area (Å²) in [5, 5.41) is 2.62. The van der Waals surface area contributed by atoms with E-state index < -0.39 is 27.0 Å². The van der Waals surface area contributed by atoms with E-state index >= 15 is 0 Å². The van der Waals surface area contributed by atoms with Crippen LogP contribution in [-0.4, -0.2) is 25.6 Å². The minimum absolute atomic E-state index is 0.0107. The summed E-state index contributed by atoms with van der Waals surface area (Å²) in [6.07, 6.45) is 0. The van der Waals surface area contributed by atoms with Crippen LogP contribution in [0.25, 0.3) is 0 Å². The summed E-state index contributed by atoms with van der Waals surface area (Å²) in [5.41, 5.74) is 6.14. The topological polar surface area (TPSA) is 89.3 Å². The van der Waals surface area contributed by atoms with Gasteiger partial charge in [0.1, 0.15) is 5.75 Å². The van der Waals surface area contributed by atoms with Gasteiger partial charge < -0.3 is 11.1 Å². The molecule has 0 radical (unpaired) electrons. The summed E-state index contributed by atoms with van der Waals surface area (Å²) in [6.45, 7) is 7.14. The number of hydrogen-bond donors (Lipinski definition) is 2. The third-order valence-electron chi connectivity index (χ3n) is 2.34. The normalized spacial score (nSPS) is 12.2. The van der Waals surface area contributed by atoms with Gasteiger partial charge in [-0.3, -0.25) is 4.79 Å². The lowest BCUT2D eigenvalue weighted by Gasteiger charge is -2.20. The van der Waals surface area contributed by atoms with Gasteiger partial charge in [-0.05, 0) is 45.4 Å². The number of benzene rings is 1. The van der Waals surface area contributed by atoms with Crippen LogP contribution in [0.2, 0.25) is 0 Å². The number of sulfone groups is 1. The summed E-state index contributed by atoms with van der Waals surface area (Å²) in [7, 11) is -3.72. The Morgan fingerprint density at radius 1 is 1.32 bits per heavy atom. The van der Waals surface area contributed by atoms with E-state index in [2.05, 4.69) is 5.32 Å². The molecular weight excluding hydrogens is 264 g/mol. The number of nitrogen functional groups attached to an aromatic ring is 1. The summed E-state index contributed by atoms with van der Waals surface area (Å²) >= 11 is 0. The third kappa shape index (κ3) is 4.55. The molecule has 106 valence electrons. The van der Waals surface area contributed by atoms with Gasteiger partial charge in [-0.25, -0.2) is 8.42 Å². The molecule has 1 aromatic rings. The summed E-state index contributed by atoms with van der Waals surface area (Å²) < 4.78 is 24.3. The number of nitrogens with two attached hydrogens (primary N) is 1. The van der Waals surface area contributed by atoms with Gasteiger partial charge in [0.2, 0.25) is 5.91 Å². The second-order valence-electron chi connectivity index (χ2n) is 5.60. The van der Waals surface area contributed by atoms with Gasteiger partial charge in [0, 0.05) is 5.54 Å². The Hall–Kier alpha value is -1.56. The fourth-order valence-corrected chi connectivity index (χ4v) is 2.98. The quantitative estimate of drug-likeness (QED) is 0.818. The number of amides is 1. The minimum Gasteiger partial charge on any atom is -0.398 e. The van der Waals surface area contributed by atoms with Crippen LogP contribution in [0.15, 0.2) is 23.1 Å². The molecule has 0 heterocycles. The van der Waals surface area contributed by atoms with Crippen LogP contribution in [0.5, 0.6) is 0 Å². The molecular formula is C13H20N2O3S. The van der Waals surface area contributed by atoms with E-state index in [1.807, 2.05) is 0 Å². The fourth-order valence-electron chi connectivity index (χ4n) is 1.62. The van der Waals surface area contributed by atoms with Crippen LogP contribution >= 0.6 is 0 Å². The molecule has 6 heteroatoms. The van der Waals surface area contributed by atoms with Gasteiger partial charge in [0.05, 0.1) is 10.6 Å². The van der Waals surface area contributed by atoms with Crippen molar-refractivity contribution in [2.24, 2.45) is 0 Å². The van der Waals surface area contributed by atoms with Crippen molar-refractivity contribution in [1.29, 1.82) is 0 Å². The van der Waals surface area contributed by atoms with Crippen molar-refractivity contribution in [3.63, 3.8) is 0 Å². The summed E-state index contributed by atoms with van der Waals surface area (Å²) in [6, 6.07) is 4.74. The van der Waals surface area contributed by atoms with Crippen molar-refractivity contribution in [2.75, 3.05) is 11.5 Å². The zero-order chi connectivity index (χ0) is 14.8. The predicted molar refractivity (Wildman–Crippen MR) is 75.5 cm³/mol. The van der Waals surface area contributed by atoms with Crippen molar-refractivity contribution in [3.05, 3.63) is 23.8 Å². The number of rotatable bonds is 3. The lowest BCUT2D eigenvalue weighted by atomic mass is 10.1. The first-order valence-electron chi connectivity index (χ1n) is 5.91. The molecule has 0 atom stereocenters. The molecule has 0 aliphatic carbocycles. The zero-order valence-corrected chi connectivity index (χ0v) is 12.5. The molecule has 0 saturated carbocycles.